The lowest BCUT2D eigenvalue weighted by Crippen LogP contribution is -3.15. The van der Waals surface area contributed by atoms with Gasteiger partial charge >= 0.3 is 0 Å². The molecule has 6 nitrogen and oxygen atoms in total. The summed E-state index contributed by atoms with van der Waals surface area (Å²) in [4.78, 5) is 16.3. The standard InChI is InChI=1S/C22H35N3O3S/c1-16-7-6-8-24(14-16)21(26)15-23-9-11-25(12-10-23)29(27,28)22-19(4)17(2)13-18(3)20(22)5/h13,16H,6-12,14-15H2,1-5H3/p+1/t16-/m1/s1. The van der Waals surface area contributed by atoms with E-state index >= 15 is 0 Å². The molecule has 1 atom stereocenters. The van der Waals surface area contributed by atoms with Crippen LogP contribution in [0, 0.1) is 33.6 Å². The number of rotatable bonds is 4. The summed E-state index contributed by atoms with van der Waals surface area (Å²) in [5.41, 5.74) is 3.71. The second-order valence-electron chi connectivity index (χ2n) is 9.01. The predicted molar refractivity (Wildman–Crippen MR) is 115 cm³/mol. The number of piperazine rings is 1. The van der Waals surface area contributed by atoms with Crippen LogP contribution < -0.4 is 4.90 Å². The predicted octanol–water partition coefficient (Wildman–Crippen LogP) is 1.07. The normalized spacial score (nSPS) is 22.1. The van der Waals surface area contributed by atoms with Gasteiger partial charge in [-0.15, -0.1) is 0 Å². The van der Waals surface area contributed by atoms with Crippen LogP contribution in [-0.2, 0) is 14.8 Å². The molecule has 0 bridgehead atoms. The number of piperidine rings is 1. The molecule has 0 aliphatic carbocycles. The summed E-state index contributed by atoms with van der Waals surface area (Å²) in [6.45, 7) is 14.4. The second kappa shape index (κ2) is 8.74. The maximum Gasteiger partial charge on any atom is 0.277 e. The van der Waals surface area contributed by atoms with E-state index in [1.54, 1.807) is 4.31 Å². The Hall–Kier alpha value is -1.44. The Morgan fingerprint density at radius 3 is 2.21 bits per heavy atom. The van der Waals surface area contributed by atoms with Gasteiger partial charge in [-0.2, -0.15) is 4.31 Å². The first kappa shape index (κ1) is 22.2. The van der Waals surface area contributed by atoms with Crippen LogP contribution in [-0.4, -0.2) is 69.3 Å². The van der Waals surface area contributed by atoms with E-state index < -0.39 is 10.0 Å². The second-order valence-corrected chi connectivity index (χ2v) is 10.9. The molecular formula is C22H36N3O3S+. The number of carbonyl (C=O) groups excluding carboxylic acids is 1. The first-order valence-electron chi connectivity index (χ1n) is 10.8. The van der Waals surface area contributed by atoms with E-state index in [1.165, 1.54) is 11.3 Å². The molecule has 29 heavy (non-hydrogen) atoms. The summed E-state index contributed by atoms with van der Waals surface area (Å²) in [5.74, 6) is 0.790. The Morgan fingerprint density at radius 1 is 1.07 bits per heavy atom. The van der Waals surface area contributed by atoms with Gasteiger partial charge in [0.05, 0.1) is 31.1 Å². The Bertz CT molecular complexity index is 848. The minimum absolute atomic E-state index is 0.212. The fourth-order valence-electron chi connectivity index (χ4n) is 4.66. The van der Waals surface area contributed by atoms with Gasteiger partial charge in [0, 0.05) is 13.1 Å². The lowest BCUT2D eigenvalue weighted by molar-refractivity contribution is -0.896. The molecule has 2 fully saturated rings. The molecule has 1 aromatic rings. The van der Waals surface area contributed by atoms with Gasteiger partial charge in [-0.1, -0.05) is 13.0 Å². The molecule has 0 radical (unpaired) electrons. The lowest BCUT2D eigenvalue weighted by Gasteiger charge is -2.35. The smallest absolute Gasteiger partial charge is 0.277 e. The highest BCUT2D eigenvalue weighted by Crippen LogP contribution is 2.28. The number of likely N-dealkylation sites (tertiary alicyclic amines) is 1. The van der Waals surface area contributed by atoms with E-state index in [2.05, 4.69) is 13.0 Å². The lowest BCUT2D eigenvalue weighted by atomic mass is 10.0. The van der Waals surface area contributed by atoms with Crippen molar-refractivity contribution in [1.29, 1.82) is 0 Å². The van der Waals surface area contributed by atoms with Crippen LogP contribution in [0.5, 0.6) is 0 Å². The average Bonchev–Trinajstić information content (AvgIpc) is 2.67. The fraction of sp³-hybridized carbons (Fsp3) is 0.682. The van der Waals surface area contributed by atoms with E-state index in [4.69, 9.17) is 0 Å². The summed E-state index contributed by atoms with van der Waals surface area (Å²) in [6.07, 6.45) is 2.29. The van der Waals surface area contributed by atoms with Gasteiger partial charge in [-0.25, -0.2) is 8.42 Å². The highest BCUT2D eigenvalue weighted by molar-refractivity contribution is 7.89. The monoisotopic (exact) mass is 422 g/mol. The van der Waals surface area contributed by atoms with Gasteiger partial charge in [0.2, 0.25) is 10.0 Å². The van der Waals surface area contributed by atoms with Crippen molar-refractivity contribution in [3.63, 3.8) is 0 Å². The number of quaternary nitrogens is 1. The summed E-state index contributed by atoms with van der Waals surface area (Å²) in [5, 5.41) is 0. The Labute approximate surface area is 175 Å². The van der Waals surface area contributed by atoms with Crippen molar-refractivity contribution in [3.05, 3.63) is 28.3 Å². The van der Waals surface area contributed by atoms with Crippen molar-refractivity contribution < 1.29 is 18.1 Å². The Kier molecular flexibility index (Phi) is 6.70. The van der Waals surface area contributed by atoms with E-state index in [9.17, 15) is 13.2 Å². The van der Waals surface area contributed by atoms with Crippen LogP contribution in [0.2, 0.25) is 0 Å². The summed E-state index contributed by atoms with van der Waals surface area (Å²) in [7, 11) is -3.52. The number of hydrogen-bond acceptors (Lipinski definition) is 3. The highest BCUT2D eigenvalue weighted by atomic mass is 32.2. The van der Waals surface area contributed by atoms with Crippen LogP contribution in [0.3, 0.4) is 0 Å². The van der Waals surface area contributed by atoms with Crippen LogP contribution >= 0.6 is 0 Å². The topological polar surface area (TPSA) is 62.1 Å². The van der Waals surface area contributed by atoms with E-state index in [0.717, 1.165) is 41.8 Å². The van der Waals surface area contributed by atoms with Crippen molar-refractivity contribution in [2.24, 2.45) is 5.92 Å². The minimum atomic E-state index is -3.52. The number of nitrogens with zero attached hydrogens (tertiary/aromatic N) is 2. The van der Waals surface area contributed by atoms with Gasteiger partial charge in [0.25, 0.3) is 5.91 Å². The molecule has 1 aromatic carbocycles. The molecule has 1 amide bonds. The molecule has 2 aliphatic rings. The van der Waals surface area contributed by atoms with Gasteiger partial charge < -0.3 is 9.80 Å². The zero-order chi connectivity index (χ0) is 21.3. The number of nitrogens with one attached hydrogen (secondary N) is 1. The van der Waals surface area contributed by atoms with Crippen molar-refractivity contribution in [3.8, 4) is 0 Å². The first-order valence-corrected chi connectivity index (χ1v) is 12.2. The molecule has 0 unspecified atom stereocenters. The molecule has 2 heterocycles. The van der Waals surface area contributed by atoms with Crippen molar-refractivity contribution in [2.75, 3.05) is 45.8 Å². The zero-order valence-electron chi connectivity index (χ0n) is 18.5. The Morgan fingerprint density at radius 2 is 1.66 bits per heavy atom. The molecule has 0 spiro atoms. The molecule has 7 heteroatoms. The van der Waals surface area contributed by atoms with Crippen LogP contribution in [0.25, 0.3) is 0 Å². The van der Waals surface area contributed by atoms with Crippen molar-refractivity contribution in [2.45, 2.75) is 52.4 Å². The fourth-order valence-corrected chi connectivity index (χ4v) is 6.68. The number of carbonyl (C=O) groups is 1. The van der Waals surface area contributed by atoms with Gasteiger partial charge in [-0.3, -0.25) is 4.79 Å². The third-order valence-corrected chi connectivity index (χ3v) is 8.91. The van der Waals surface area contributed by atoms with E-state index in [1.807, 2.05) is 32.6 Å². The molecule has 2 saturated heterocycles. The summed E-state index contributed by atoms with van der Waals surface area (Å²) < 4.78 is 28.4. The van der Waals surface area contributed by atoms with Crippen LogP contribution in [0.1, 0.15) is 42.0 Å². The van der Waals surface area contributed by atoms with Crippen molar-refractivity contribution in [1.82, 2.24) is 9.21 Å². The van der Waals surface area contributed by atoms with Crippen molar-refractivity contribution >= 4 is 15.9 Å². The quantitative estimate of drug-likeness (QED) is 0.790. The number of sulfonamides is 1. The molecule has 3 rings (SSSR count). The number of hydrogen-bond donors (Lipinski definition) is 1. The largest absolute Gasteiger partial charge is 0.338 e. The molecule has 162 valence electrons. The maximum atomic E-state index is 13.4. The minimum Gasteiger partial charge on any atom is -0.338 e. The van der Waals surface area contributed by atoms with E-state index in [0.29, 0.717) is 43.5 Å². The van der Waals surface area contributed by atoms with Gasteiger partial charge in [-0.05, 0) is 68.7 Å². The molecule has 0 aromatic heterocycles. The number of benzene rings is 1. The zero-order valence-corrected chi connectivity index (χ0v) is 19.4. The van der Waals surface area contributed by atoms with Crippen LogP contribution in [0.4, 0.5) is 0 Å². The summed E-state index contributed by atoms with van der Waals surface area (Å²) in [6, 6.07) is 2.05. The summed E-state index contributed by atoms with van der Waals surface area (Å²) >= 11 is 0. The van der Waals surface area contributed by atoms with Gasteiger partial charge in [0.1, 0.15) is 0 Å². The molecular weight excluding hydrogens is 386 g/mol. The van der Waals surface area contributed by atoms with Crippen LogP contribution in [0.15, 0.2) is 11.0 Å². The molecule has 1 N–H and O–H groups in total. The third kappa shape index (κ3) is 4.67. The number of aryl methyl sites for hydroxylation is 2. The van der Waals surface area contributed by atoms with E-state index in [-0.39, 0.29) is 5.91 Å². The maximum absolute atomic E-state index is 13.4. The highest BCUT2D eigenvalue weighted by Gasteiger charge is 2.34. The Balaban J connectivity index is 1.65. The third-order valence-electron chi connectivity index (χ3n) is 6.74. The molecule has 2 aliphatic heterocycles. The first-order chi connectivity index (χ1) is 13.6. The average molecular weight is 423 g/mol. The molecule has 0 saturated carbocycles. The SMILES string of the molecule is Cc1cc(C)c(C)c(S(=O)(=O)N2CC[NH+](CC(=O)N3CCC[C@@H](C)C3)CC2)c1C. The van der Waals surface area contributed by atoms with Gasteiger partial charge in [0.15, 0.2) is 6.54 Å². The number of amides is 1.